The van der Waals surface area contributed by atoms with Crippen LogP contribution in [0.4, 0.5) is 0 Å². The second-order valence-electron chi connectivity index (χ2n) is 5.08. The van der Waals surface area contributed by atoms with Crippen molar-refractivity contribution in [1.29, 1.82) is 0 Å². The lowest BCUT2D eigenvalue weighted by atomic mass is 10.2. The van der Waals surface area contributed by atoms with Gasteiger partial charge in [0, 0.05) is 11.1 Å². The fraction of sp³-hybridized carbons (Fsp3) is 0.176. The van der Waals surface area contributed by atoms with Gasteiger partial charge in [-0.15, -0.1) is 16.4 Å². The largest absolute Gasteiger partial charge is 0.467 e. The number of hydrogen-bond acceptors (Lipinski definition) is 4. The zero-order valence-corrected chi connectivity index (χ0v) is 13.4. The van der Waals surface area contributed by atoms with E-state index in [0.717, 1.165) is 27.5 Å². The van der Waals surface area contributed by atoms with Crippen LogP contribution in [-0.2, 0) is 6.54 Å². The van der Waals surface area contributed by atoms with Gasteiger partial charge >= 0.3 is 0 Å². The Balaban J connectivity index is 2.11. The first kappa shape index (κ1) is 14.5. The van der Waals surface area contributed by atoms with Crippen molar-refractivity contribution in [3.05, 3.63) is 64.7 Å². The van der Waals surface area contributed by atoms with E-state index in [1.54, 1.807) is 17.6 Å². The minimum Gasteiger partial charge on any atom is -0.467 e. The highest BCUT2D eigenvalue weighted by atomic mass is 32.1. The molecule has 0 spiro atoms. The summed E-state index contributed by atoms with van der Waals surface area (Å²) in [5.41, 5.74) is 3.20. The van der Waals surface area contributed by atoms with Crippen molar-refractivity contribution in [2.45, 2.75) is 20.4 Å². The summed E-state index contributed by atoms with van der Waals surface area (Å²) < 4.78 is 7.61. The molecule has 112 valence electrons. The summed E-state index contributed by atoms with van der Waals surface area (Å²) >= 11 is 1.58. The molecule has 1 aromatic carbocycles. The molecule has 0 aliphatic carbocycles. The van der Waals surface area contributed by atoms with Gasteiger partial charge in [-0.05, 0) is 31.5 Å². The maximum atomic E-state index is 5.48. The topological polar surface area (TPSA) is 42.8 Å². The van der Waals surface area contributed by atoms with Crippen LogP contribution >= 0.6 is 11.3 Å². The molecule has 0 saturated carbocycles. The maximum absolute atomic E-state index is 5.48. The number of rotatable bonds is 4. The lowest BCUT2D eigenvalue weighted by Gasteiger charge is -2.07. The predicted octanol–water partition coefficient (Wildman–Crippen LogP) is 4.15. The molecular weight excluding hydrogens is 294 g/mol. The van der Waals surface area contributed by atoms with Gasteiger partial charge in [0.1, 0.15) is 5.76 Å². The first-order chi connectivity index (χ1) is 10.7. The van der Waals surface area contributed by atoms with Crippen LogP contribution in [0.3, 0.4) is 0 Å². The predicted molar refractivity (Wildman–Crippen MR) is 89.9 cm³/mol. The highest BCUT2D eigenvalue weighted by Gasteiger charge is 2.09. The van der Waals surface area contributed by atoms with E-state index in [2.05, 4.69) is 32.3 Å². The molecule has 0 N–H and O–H groups in total. The summed E-state index contributed by atoms with van der Waals surface area (Å²) in [4.78, 5) is 0.858. The molecule has 2 heterocycles. The maximum Gasteiger partial charge on any atom is 0.211 e. The van der Waals surface area contributed by atoms with Gasteiger partial charge in [-0.3, -0.25) is 0 Å². The van der Waals surface area contributed by atoms with Crippen molar-refractivity contribution in [3.63, 3.8) is 0 Å². The van der Waals surface area contributed by atoms with Crippen molar-refractivity contribution in [2.75, 3.05) is 0 Å². The molecule has 3 rings (SSSR count). The van der Waals surface area contributed by atoms with Crippen molar-refractivity contribution >= 4 is 17.0 Å². The third-order valence-electron chi connectivity index (χ3n) is 3.10. The number of furan rings is 1. The van der Waals surface area contributed by atoms with Crippen LogP contribution in [0.5, 0.6) is 0 Å². The quantitative estimate of drug-likeness (QED) is 0.527. The summed E-state index contributed by atoms with van der Waals surface area (Å²) in [5, 5.41) is 10.7. The van der Waals surface area contributed by atoms with Crippen LogP contribution in [0.2, 0.25) is 0 Å². The molecule has 2 aromatic heterocycles. The molecule has 0 radical (unpaired) electrons. The van der Waals surface area contributed by atoms with Gasteiger partial charge in [0.2, 0.25) is 4.80 Å². The van der Waals surface area contributed by atoms with Crippen LogP contribution < -0.4 is 4.80 Å². The minimum absolute atomic E-state index is 0.637. The Morgan fingerprint density at radius 3 is 2.64 bits per heavy atom. The molecule has 3 aromatic rings. The van der Waals surface area contributed by atoms with E-state index in [4.69, 9.17) is 4.42 Å². The third-order valence-corrected chi connectivity index (χ3v) is 3.95. The Bertz CT molecular complexity index is 822. The summed E-state index contributed by atoms with van der Waals surface area (Å²) in [6, 6.07) is 14.2. The Kier molecular flexibility index (Phi) is 4.34. The molecule has 0 unspecified atom stereocenters. The van der Waals surface area contributed by atoms with Crippen molar-refractivity contribution in [2.24, 2.45) is 10.2 Å². The van der Waals surface area contributed by atoms with E-state index < -0.39 is 0 Å². The summed E-state index contributed by atoms with van der Waals surface area (Å²) in [6.45, 7) is 4.51. The van der Waals surface area contributed by atoms with Gasteiger partial charge in [0.15, 0.2) is 0 Å². The fourth-order valence-corrected chi connectivity index (χ4v) is 2.96. The van der Waals surface area contributed by atoms with E-state index in [9.17, 15) is 0 Å². The molecular formula is C17H17N3OS. The zero-order chi connectivity index (χ0) is 15.4. The first-order valence-electron chi connectivity index (χ1n) is 7.05. The Hall–Kier alpha value is -2.40. The standard InChI is InChI=1S/C17H17N3OS/c1-13(2)18-19-17-20(11-15-9-6-10-21-15)16(12-22-17)14-7-4-3-5-8-14/h3-10,12H,11H2,1-2H3/b19-17-. The number of benzene rings is 1. The Morgan fingerprint density at radius 2 is 1.95 bits per heavy atom. The number of thiazole rings is 1. The van der Waals surface area contributed by atoms with Crippen LogP contribution in [0, 0.1) is 0 Å². The lowest BCUT2D eigenvalue weighted by molar-refractivity contribution is 0.491. The smallest absolute Gasteiger partial charge is 0.211 e. The molecule has 0 aliphatic heterocycles. The normalized spacial score (nSPS) is 11.6. The van der Waals surface area contributed by atoms with E-state index in [0.29, 0.717) is 6.54 Å². The molecule has 5 heteroatoms. The highest BCUT2D eigenvalue weighted by molar-refractivity contribution is 7.07. The van der Waals surface area contributed by atoms with E-state index in [1.807, 2.05) is 44.2 Å². The first-order valence-corrected chi connectivity index (χ1v) is 7.93. The summed E-state index contributed by atoms with van der Waals surface area (Å²) in [7, 11) is 0. The molecule has 0 aliphatic rings. The molecule has 0 bridgehead atoms. The zero-order valence-electron chi connectivity index (χ0n) is 12.6. The molecule has 0 saturated heterocycles. The average molecular weight is 311 g/mol. The monoisotopic (exact) mass is 311 g/mol. The molecule has 4 nitrogen and oxygen atoms in total. The van der Waals surface area contributed by atoms with Gasteiger partial charge in [-0.2, -0.15) is 5.10 Å². The average Bonchev–Trinajstić information content (AvgIpc) is 3.16. The fourth-order valence-electron chi connectivity index (χ4n) is 2.10. The highest BCUT2D eigenvalue weighted by Crippen LogP contribution is 2.20. The Labute approximate surface area is 133 Å². The van der Waals surface area contributed by atoms with Gasteiger partial charge < -0.3 is 8.98 Å². The third kappa shape index (κ3) is 3.26. The SMILES string of the molecule is CC(C)=N/N=c1\scc(-c2ccccc2)n1Cc1ccco1. The van der Waals surface area contributed by atoms with E-state index in [-0.39, 0.29) is 0 Å². The van der Waals surface area contributed by atoms with Crippen LogP contribution in [-0.4, -0.2) is 10.3 Å². The molecule has 0 atom stereocenters. The van der Waals surface area contributed by atoms with Gasteiger partial charge in [-0.1, -0.05) is 30.3 Å². The van der Waals surface area contributed by atoms with Crippen molar-refractivity contribution in [1.82, 2.24) is 4.57 Å². The van der Waals surface area contributed by atoms with Gasteiger partial charge in [0.25, 0.3) is 0 Å². The van der Waals surface area contributed by atoms with Gasteiger partial charge in [-0.25, -0.2) is 0 Å². The molecule has 22 heavy (non-hydrogen) atoms. The summed E-state index contributed by atoms with van der Waals surface area (Å²) in [6.07, 6.45) is 1.69. The second kappa shape index (κ2) is 6.58. The van der Waals surface area contributed by atoms with E-state index in [1.165, 1.54) is 0 Å². The Morgan fingerprint density at radius 1 is 1.14 bits per heavy atom. The van der Waals surface area contributed by atoms with Crippen molar-refractivity contribution < 1.29 is 4.42 Å². The van der Waals surface area contributed by atoms with Crippen LogP contribution in [0.15, 0.2) is 68.7 Å². The lowest BCUT2D eigenvalue weighted by Crippen LogP contribution is -2.16. The van der Waals surface area contributed by atoms with E-state index >= 15 is 0 Å². The summed E-state index contributed by atoms with van der Waals surface area (Å²) in [5.74, 6) is 0.897. The number of aromatic nitrogens is 1. The second-order valence-corrected chi connectivity index (χ2v) is 5.92. The van der Waals surface area contributed by atoms with Crippen LogP contribution in [0.25, 0.3) is 11.3 Å². The number of hydrogen-bond donors (Lipinski definition) is 0. The van der Waals surface area contributed by atoms with Gasteiger partial charge in [0.05, 0.1) is 18.5 Å². The van der Waals surface area contributed by atoms with Crippen LogP contribution in [0.1, 0.15) is 19.6 Å². The number of nitrogens with zero attached hydrogens (tertiary/aromatic N) is 3. The van der Waals surface area contributed by atoms with Crippen molar-refractivity contribution in [3.8, 4) is 11.3 Å². The molecule has 0 fully saturated rings. The molecule has 0 amide bonds. The minimum atomic E-state index is 0.637.